The van der Waals surface area contributed by atoms with Crippen LogP contribution in [0.15, 0.2) is 18.2 Å². The lowest BCUT2D eigenvalue weighted by Gasteiger charge is -2.63. The van der Waals surface area contributed by atoms with Gasteiger partial charge in [-0.2, -0.15) is 0 Å². The molecule has 2 aliphatic heterocycles. The Morgan fingerprint density at radius 3 is 2.48 bits per heavy atom. The van der Waals surface area contributed by atoms with E-state index >= 15 is 0 Å². The second kappa shape index (κ2) is 9.38. The minimum absolute atomic E-state index is 0.235. The van der Waals surface area contributed by atoms with Gasteiger partial charge in [-0.3, -0.25) is 9.80 Å². The third-order valence-corrected chi connectivity index (χ3v) is 7.25. The summed E-state index contributed by atoms with van der Waals surface area (Å²) in [4.78, 5) is 5.11. The molecule has 4 nitrogen and oxygen atoms in total. The SMILES string of the molecule is COCCOC1CN(C2CCN(Cc3ccc(F)c(F)c3)CC2)C12CCCCC2. The standard InChI is InChI=1S/C23H34F2N2O2/c1-28-13-14-29-22-17-27(23(22)9-3-2-4-10-23)19-7-11-26(12-8-19)16-18-5-6-20(24)21(25)15-18/h5-6,15,19,22H,2-4,7-14,16-17H2,1H3. The predicted octanol–water partition coefficient (Wildman–Crippen LogP) is 3.98. The summed E-state index contributed by atoms with van der Waals surface area (Å²) < 4.78 is 38.0. The molecule has 0 N–H and O–H groups in total. The Bertz CT molecular complexity index is 673. The summed E-state index contributed by atoms with van der Waals surface area (Å²) in [7, 11) is 1.72. The second-order valence-electron chi connectivity index (χ2n) is 8.92. The summed E-state index contributed by atoms with van der Waals surface area (Å²) in [6.45, 7) is 5.09. The topological polar surface area (TPSA) is 24.9 Å². The number of piperidine rings is 1. The van der Waals surface area contributed by atoms with Crippen LogP contribution in [0.25, 0.3) is 0 Å². The van der Waals surface area contributed by atoms with Crippen molar-refractivity contribution in [1.29, 1.82) is 0 Å². The van der Waals surface area contributed by atoms with E-state index in [0.717, 1.165) is 38.0 Å². The van der Waals surface area contributed by atoms with Crippen LogP contribution in [-0.4, -0.2) is 67.4 Å². The van der Waals surface area contributed by atoms with Crippen LogP contribution in [0.4, 0.5) is 8.78 Å². The average molecular weight is 409 g/mol. The third-order valence-electron chi connectivity index (χ3n) is 7.25. The van der Waals surface area contributed by atoms with Gasteiger partial charge in [0.15, 0.2) is 11.6 Å². The van der Waals surface area contributed by atoms with Crippen molar-refractivity contribution in [2.45, 2.75) is 69.2 Å². The highest BCUT2D eigenvalue weighted by atomic mass is 19.2. The molecule has 29 heavy (non-hydrogen) atoms. The van der Waals surface area contributed by atoms with Gasteiger partial charge in [0.25, 0.3) is 0 Å². The van der Waals surface area contributed by atoms with Crippen LogP contribution in [0.1, 0.15) is 50.5 Å². The molecule has 1 aromatic carbocycles. The van der Waals surface area contributed by atoms with E-state index in [9.17, 15) is 8.78 Å². The molecule has 2 saturated heterocycles. The maximum atomic E-state index is 13.5. The van der Waals surface area contributed by atoms with Crippen molar-refractivity contribution in [2.75, 3.05) is 40.0 Å². The Labute approximate surface area is 173 Å². The van der Waals surface area contributed by atoms with Crippen molar-refractivity contribution in [1.82, 2.24) is 9.80 Å². The maximum Gasteiger partial charge on any atom is 0.159 e. The van der Waals surface area contributed by atoms with Gasteiger partial charge in [0.2, 0.25) is 0 Å². The van der Waals surface area contributed by atoms with Crippen LogP contribution in [0.2, 0.25) is 0 Å². The molecule has 0 radical (unpaired) electrons. The molecule has 0 bridgehead atoms. The van der Waals surface area contributed by atoms with Crippen molar-refractivity contribution in [3.05, 3.63) is 35.4 Å². The number of hydrogen-bond donors (Lipinski definition) is 0. The van der Waals surface area contributed by atoms with E-state index in [-0.39, 0.29) is 5.54 Å². The van der Waals surface area contributed by atoms with E-state index in [1.165, 1.54) is 44.2 Å². The zero-order valence-corrected chi connectivity index (χ0v) is 17.5. The van der Waals surface area contributed by atoms with Gasteiger partial charge in [-0.05, 0) is 56.5 Å². The minimum atomic E-state index is -0.773. The van der Waals surface area contributed by atoms with Gasteiger partial charge in [0, 0.05) is 31.8 Å². The van der Waals surface area contributed by atoms with E-state index in [1.54, 1.807) is 13.2 Å². The van der Waals surface area contributed by atoms with E-state index in [1.807, 2.05) is 0 Å². The summed E-state index contributed by atoms with van der Waals surface area (Å²) in [5, 5.41) is 0. The molecular weight excluding hydrogens is 374 g/mol. The van der Waals surface area contributed by atoms with E-state index < -0.39 is 11.6 Å². The monoisotopic (exact) mass is 408 g/mol. The highest BCUT2D eigenvalue weighted by Crippen LogP contribution is 2.47. The number of methoxy groups -OCH3 is 1. The van der Waals surface area contributed by atoms with Crippen LogP contribution in [0, 0.1) is 11.6 Å². The van der Waals surface area contributed by atoms with Gasteiger partial charge < -0.3 is 9.47 Å². The summed E-state index contributed by atoms with van der Waals surface area (Å²) in [5.41, 5.74) is 1.08. The predicted molar refractivity (Wildman–Crippen MR) is 109 cm³/mol. The minimum Gasteiger partial charge on any atom is -0.382 e. The molecule has 1 saturated carbocycles. The van der Waals surface area contributed by atoms with Crippen molar-refractivity contribution in [2.24, 2.45) is 0 Å². The fraction of sp³-hybridized carbons (Fsp3) is 0.739. The molecule has 4 rings (SSSR count). The Morgan fingerprint density at radius 2 is 1.79 bits per heavy atom. The molecule has 1 atom stereocenters. The average Bonchev–Trinajstić information content (AvgIpc) is 2.74. The molecule has 1 unspecified atom stereocenters. The van der Waals surface area contributed by atoms with Crippen molar-refractivity contribution >= 4 is 0 Å². The van der Waals surface area contributed by atoms with Crippen molar-refractivity contribution < 1.29 is 18.3 Å². The zero-order valence-electron chi connectivity index (χ0n) is 17.5. The molecule has 1 aromatic rings. The van der Waals surface area contributed by atoms with Gasteiger partial charge >= 0.3 is 0 Å². The number of benzene rings is 1. The van der Waals surface area contributed by atoms with E-state index in [0.29, 0.717) is 31.9 Å². The van der Waals surface area contributed by atoms with Crippen LogP contribution >= 0.6 is 0 Å². The zero-order chi connectivity index (χ0) is 20.3. The molecule has 2 heterocycles. The van der Waals surface area contributed by atoms with Crippen molar-refractivity contribution in [3.63, 3.8) is 0 Å². The highest BCUT2D eigenvalue weighted by molar-refractivity contribution is 5.18. The number of rotatable bonds is 7. The molecule has 0 aromatic heterocycles. The van der Waals surface area contributed by atoms with Crippen LogP contribution in [-0.2, 0) is 16.0 Å². The highest BCUT2D eigenvalue weighted by Gasteiger charge is 2.56. The largest absolute Gasteiger partial charge is 0.382 e. The Kier molecular flexibility index (Phi) is 6.84. The molecule has 1 spiro atoms. The molecule has 1 aliphatic carbocycles. The summed E-state index contributed by atoms with van der Waals surface area (Å²) in [6, 6.07) is 4.86. The first kappa shape index (κ1) is 21.2. The van der Waals surface area contributed by atoms with Crippen LogP contribution in [0.3, 0.4) is 0 Å². The molecule has 0 amide bonds. The van der Waals surface area contributed by atoms with Gasteiger partial charge in [-0.25, -0.2) is 8.78 Å². The smallest absolute Gasteiger partial charge is 0.159 e. The fourth-order valence-electron chi connectivity index (χ4n) is 5.66. The van der Waals surface area contributed by atoms with Gasteiger partial charge in [-0.15, -0.1) is 0 Å². The Hall–Kier alpha value is -1.08. The van der Waals surface area contributed by atoms with Crippen LogP contribution in [0.5, 0.6) is 0 Å². The number of nitrogens with zero attached hydrogens (tertiary/aromatic N) is 2. The number of halogens is 2. The lowest BCUT2D eigenvalue weighted by molar-refractivity contribution is -0.204. The molecule has 3 fully saturated rings. The first-order valence-electron chi connectivity index (χ1n) is 11.2. The third kappa shape index (κ3) is 4.50. The maximum absolute atomic E-state index is 13.5. The normalized spacial score (nSPS) is 26.0. The fourth-order valence-corrected chi connectivity index (χ4v) is 5.66. The first-order valence-corrected chi connectivity index (χ1v) is 11.2. The van der Waals surface area contributed by atoms with Gasteiger partial charge in [0.1, 0.15) is 0 Å². The van der Waals surface area contributed by atoms with Gasteiger partial charge in [0.05, 0.1) is 19.3 Å². The number of ether oxygens (including phenoxy) is 2. The van der Waals surface area contributed by atoms with E-state index in [4.69, 9.17) is 9.47 Å². The summed E-state index contributed by atoms with van der Waals surface area (Å²) in [5.74, 6) is -1.53. The quantitative estimate of drug-likeness (QED) is 0.637. The number of hydrogen-bond acceptors (Lipinski definition) is 4. The van der Waals surface area contributed by atoms with Crippen molar-refractivity contribution in [3.8, 4) is 0 Å². The Morgan fingerprint density at radius 1 is 1.03 bits per heavy atom. The molecule has 6 heteroatoms. The molecule has 162 valence electrons. The summed E-state index contributed by atoms with van der Waals surface area (Å²) in [6.07, 6.45) is 9.06. The lowest BCUT2D eigenvalue weighted by atomic mass is 9.69. The second-order valence-corrected chi connectivity index (χ2v) is 8.92. The molecular formula is C23H34F2N2O2. The summed E-state index contributed by atoms with van der Waals surface area (Å²) >= 11 is 0. The van der Waals surface area contributed by atoms with E-state index in [2.05, 4.69) is 9.80 Å². The molecule has 3 aliphatic rings. The van der Waals surface area contributed by atoms with Gasteiger partial charge in [-0.1, -0.05) is 25.3 Å². The Balaban J connectivity index is 1.32. The first-order chi connectivity index (χ1) is 14.1. The number of likely N-dealkylation sites (tertiary alicyclic amines) is 2. The van der Waals surface area contributed by atoms with Crippen LogP contribution < -0.4 is 0 Å². The lowest BCUT2D eigenvalue weighted by Crippen LogP contribution is -2.75.